The zero-order chi connectivity index (χ0) is 11.4. The maximum absolute atomic E-state index is 8.70. The van der Waals surface area contributed by atoms with Gasteiger partial charge >= 0.3 is 0 Å². The Balaban J connectivity index is 2.03. The summed E-state index contributed by atoms with van der Waals surface area (Å²) in [5.74, 6) is 0. The molecule has 0 unspecified atom stereocenters. The number of anilines is 1. The van der Waals surface area contributed by atoms with Crippen molar-refractivity contribution in [2.75, 3.05) is 5.32 Å². The highest BCUT2D eigenvalue weighted by molar-refractivity contribution is 7.16. The van der Waals surface area contributed by atoms with Gasteiger partial charge in [-0.3, -0.25) is 0 Å². The maximum atomic E-state index is 8.70. The van der Waals surface area contributed by atoms with E-state index in [1.165, 1.54) is 17.7 Å². The minimum Gasteiger partial charge on any atom is -0.356 e. The summed E-state index contributed by atoms with van der Waals surface area (Å²) < 4.78 is 0. The second kappa shape index (κ2) is 4.88. The lowest BCUT2D eigenvalue weighted by Crippen LogP contribution is -2.00. The van der Waals surface area contributed by atoms with E-state index in [1.54, 1.807) is 12.3 Å². The zero-order valence-electron chi connectivity index (χ0n) is 8.01. The smallest absolute Gasteiger partial charge is 0.185 e. The van der Waals surface area contributed by atoms with Gasteiger partial charge in [0.2, 0.25) is 0 Å². The van der Waals surface area contributed by atoms with Crippen molar-refractivity contribution in [1.29, 1.82) is 5.26 Å². The highest BCUT2D eigenvalue weighted by Gasteiger charge is 2.07. The van der Waals surface area contributed by atoms with Gasteiger partial charge in [0, 0.05) is 6.20 Å². The van der Waals surface area contributed by atoms with Crippen LogP contribution < -0.4 is 5.32 Å². The standard InChI is InChI=1S/C9H6ClN5S/c10-8-7(3-11)16-9(15-8)13-4-6-1-2-12-5-14-6/h1-2,5H,4H2,(H,13,15). The van der Waals surface area contributed by atoms with Crippen molar-refractivity contribution in [2.45, 2.75) is 6.54 Å². The molecule has 0 bridgehead atoms. The molecule has 0 aliphatic heterocycles. The monoisotopic (exact) mass is 251 g/mol. The topological polar surface area (TPSA) is 74.5 Å². The summed E-state index contributed by atoms with van der Waals surface area (Å²) in [5.41, 5.74) is 0.847. The van der Waals surface area contributed by atoms with Crippen LogP contribution >= 0.6 is 22.9 Å². The van der Waals surface area contributed by atoms with Crippen LogP contribution in [0.1, 0.15) is 10.6 Å². The normalized spacial score (nSPS) is 9.75. The quantitative estimate of drug-likeness (QED) is 0.904. The molecule has 0 saturated heterocycles. The van der Waals surface area contributed by atoms with E-state index in [4.69, 9.17) is 16.9 Å². The summed E-state index contributed by atoms with van der Waals surface area (Å²) in [5, 5.41) is 12.6. The number of nitriles is 1. The van der Waals surface area contributed by atoms with Crippen molar-refractivity contribution >= 4 is 28.1 Å². The molecule has 0 atom stereocenters. The number of halogens is 1. The second-order valence-corrected chi connectivity index (χ2v) is 4.16. The van der Waals surface area contributed by atoms with Gasteiger partial charge in [-0.25, -0.2) is 15.0 Å². The third-order valence-corrected chi connectivity index (χ3v) is 3.05. The summed E-state index contributed by atoms with van der Waals surface area (Å²) in [4.78, 5) is 12.3. The number of thiazole rings is 1. The molecule has 7 heteroatoms. The van der Waals surface area contributed by atoms with Gasteiger partial charge in [0.25, 0.3) is 0 Å². The molecule has 0 fully saturated rings. The molecule has 2 aromatic rings. The third kappa shape index (κ3) is 2.45. The van der Waals surface area contributed by atoms with Crippen LogP contribution in [-0.2, 0) is 6.54 Å². The Bertz CT molecular complexity index is 518. The van der Waals surface area contributed by atoms with Gasteiger partial charge in [0.15, 0.2) is 10.3 Å². The Hall–Kier alpha value is -1.71. The summed E-state index contributed by atoms with van der Waals surface area (Å²) >= 11 is 6.96. The summed E-state index contributed by atoms with van der Waals surface area (Å²) in [6.45, 7) is 0.525. The molecule has 0 radical (unpaired) electrons. The highest BCUT2D eigenvalue weighted by Crippen LogP contribution is 2.25. The van der Waals surface area contributed by atoms with Crippen LogP contribution in [0.2, 0.25) is 5.15 Å². The van der Waals surface area contributed by atoms with Gasteiger partial charge in [-0.1, -0.05) is 22.9 Å². The van der Waals surface area contributed by atoms with Crippen LogP contribution in [0.15, 0.2) is 18.6 Å². The number of hydrogen-bond acceptors (Lipinski definition) is 6. The van der Waals surface area contributed by atoms with Crippen molar-refractivity contribution < 1.29 is 0 Å². The lowest BCUT2D eigenvalue weighted by molar-refractivity contribution is 1.00. The second-order valence-electron chi connectivity index (χ2n) is 2.81. The van der Waals surface area contributed by atoms with Crippen molar-refractivity contribution in [2.24, 2.45) is 0 Å². The Morgan fingerprint density at radius 3 is 3.06 bits per heavy atom. The fourth-order valence-electron chi connectivity index (χ4n) is 1.03. The Morgan fingerprint density at radius 1 is 1.56 bits per heavy atom. The Kier molecular flexibility index (Phi) is 3.29. The van der Waals surface area contributed by atoms with Crippen LogP contribution in [0.25, 0.3) is 0 Å². The highest BCUT2D eigenvalue weighted by atomic mass is 35.5. The van der Waals surface area contributed by atoms with Gasteiger partial charge in [-0.15, -0.1) is 0 Å². The first-order valence-corrected chi connectivity index (χ1v) is 5.54. The SMILES string of the molecule is N#Cc1sc(NCc2ccncn2)nc1Cl. The number of hydrogen-bond donors (Lipinski definition) is 1. The molecular formula is C9H6ClN5S. The van der Waals surface area contributed by atoms with E-state index in [1.807, 2.05) is 6.07 Å². The molecule has 0 aliphatic carbocycles. The molecule has 0 spiro atoms. The van der Waals surface area contributed by atoms with Crippen LogP contribution in [0.4, 0.5) is 5.13 Å². The molecular weight excluding hydrogens is 246 g/mol. The minimum absolute atomic E-state index is 0.234. The molecule has 0 saturated carbocycles. The fourth-order valence-corrected chi connectivity index (χ4v) is 1.98. The molecule has 2 aromatic heterocycles. The predicted octanol–water partition coefficient (Wildman–Crippen LogP) is 2.07. The summed E-state index contributed by atoms with van der Waals surface area (Å²) in [6, 6.07) is 3.77. The fraction of sp³-hybridized carbons (Fsp3) is 0.111. The van der Waals surface area contributed by atoms with Crippen LogP contribution in [0.5, 0.6) is 0 Å². The minimum atomic E-state index is 0.234. The molecule has 2 rings (SSSR count). The van der Waals surface area contributed by atoms with Crippen molar-refractivity contribution in [3.05, 3.63) is 34.3 Å². The van der Waals surface area contributed by atoms with E-state index in [9.17, 15) is 0 Å². The molecule has 0 amide bonds. The van der Waals surface area contributed by atoms with Crippen LogP contribution in [-0.4, -0.2) is 15.0 Å². The zero-order valence-corrected chi connectivity index (χ0v) is 9.59. The average molecular weight is 252 g/mol. The van der Waals surface area contributed by atoms with E-state index >= 15 is 0 Å². The van der Waals surface area contributed by atoms with Gasteiger partial charge in [0.05, 0.1) is 12.2 Å². The van der Waals surface area contributed by atoms with Crippen molar-refractivity contribution in [3.63, 3.8) is 0 Å². The Labute approximate surface area is 101 Å². The van der Waals surface area contributed by atoms with E-state index in [0.29, 0.717) is 16.6 Å². The molecule has 80 valence electrons. The molecule has 2 heterocycles. The number of nitrogens with one attached hydrogen (secondary N) is 1. The van der Waals surface area contributed by atoms with Crippen molar-refractivity contribution in [1.82, 2.24) is 15.0 Å². The van der Waals surface area contributed by atoms with Gasteiger partial charge in [-0.05, 0) is 6.07 Å². The number of aromatic nitrogens is 3. The number of nitrogens with zero attached hydrogens (tertiary/aromatic N) is 4. The van der Waals surface area contributed by atoms with Gasteiger partial charge < -0.3 is 5.32 Å². The molecule has 5 nitrogen and oxygen atoms in total. The Morgan fingerprint density at radius 2 is 2.44 bits per heavy atom. The van der Waals surface area contributed by atoms with Crippen molar-refractivity contribution in [3.8, 4) is 6.07 Å². The first-order chi connectivity index (χ1) is 7.79. The maximum Gasteiger partial charge on any atom is 0.185 e. The lowest BCUT2D eigenvalue weighted by atomic mass is 10.4. The van der Waals surface area contributed by atoms with E-state index in [0.717, 1.165) is 5.69 Å². The molecule has 0 aliphatic rings. The van der Waals surface area contributed by atoms with E-state index < -0.39 is 0 Å². The lowest BCUT2D eigenvalue weighted by Gasteiger charge is -2.00. The molecule has 0 aromatic carbocycles. The first kappa shape index (κ1) is 10.8. The van der Waals surface area contributed by atoms with E-state index in [2.05, 4.69) is 20.3 Å². The van der Waals surface area contributed by atoms with Gasteiger partial charge in [-0.2, -0.15) is 5.26 Å². The summed E-state index contributed by atoms with van der Waals surface area (Å²) in [7, 11) is 0. The predicted molar refractivity (Wildman–Crippen MR) is 61.2 cm³/mol. The molecule has 16 heavy (non-hydrogen) atoms. The first-order valence-electron chi connectivity index (χ1n) is 4.35. The van der Waals surface area contributed by atoms with Crippen LogP contribution in [0.3, 0.4) is 0 Å². The molecule has 1 N–H and O–H groups in total. The largest absolute Gasteiger partial charge is 0.356 e. The van der Waals surface area contributed by atoms with Crippen LogP contribution in [0, 0.1) is 11.3 Å². The number of rotatable bonds is 3. The summed E-state index contributed by atoms with van der Waals surface area (Å²) in [6.07, 6.45) is 3.14. The third-order valence-electron chi connectivity index (χ3n) is 1.75. The average Bonchev–Trinajstić information content (AvgIpc) is 2.69. The van der Waals surface area contributed by atoms with Gasteiger partial charge in [0.1, 0.15) is 17.3 Å². The van der Waals surface area contributed by atoms with E-state index in [-0.39, 0.29) is 5.15 Å².